The largest absolute Gasteiger partial charge is 0.486 e. The monoisotopic (exact) mass is 263 g/mol. The van der Waals surface area contributed by atoms with Crippen LogP contribution in [0.3, 0.4) is 0 Å². The lowest BCUT2D eigenvalue weighted by atomic mass is 9.55. The van der Waals surface area contributed by atoms with Gasteiger partial charge >= 0.3 is 0 Å². The van der Waals surface area contributed by atoms with Gasteiger partial charge < -0.3 is 10.1 Å². The molecule has 19 heavy (non-hydrogen) atoms. The van der Waals surface area contributed by atoms with Crippen LogP contribution < -0.4 is 10.1 Å². The van der Waals surface area contributed by atoms with Crippen LogP contribution in [0.25, 0.3) is 0 Å². The summed E-state index contributed by atoms with van der Waals surface area (Å²) in [6.45, 7) is 3.00. The molecule has 2 saturated carbocycles. The molecular formula is C15H25N3O. The van der Waals surface area contributed by atoms with Crippen molar-refractivity contribution in [2.24, 2.45) is 5.41 Å². The summed E-state index contributed by atoms with van der Waals surface area (Å²) in [7, 11) is 2.09. The summed E-state index contributed by atoms with van der Waals surface area (Å²) in [5.41, 5.74) is 0.376. The molecule has 1 spiro atoms. The van der Waals surface area contributed by atoms with Gasteiger partial charge in [-0.25, -0.2) is 0 Å². The molecule has 1 heterocycles. The van der Waals surface area contributed by atoms with Crippen LogP contribution in [-0.4, -0.2) is 29.0 Å². The molecule has 1 aromatic heterocycles. The first-order valence-electron chi connectivity index (χ1n) is 7.65. The third-order valence-corrected chi connectivity index (χ3v) is 5.13. The molecule has 4 heteroatoms. The summed E-state index contributed by atoms with van der Waals surface area (Å²) in [5.74, 6) is 0.936. The molecule has 0 radical (unpaired) electrons. The standard InChI is InChI=1S/C15H25N3O/c1-3-18-11-12(10-17-18)19-14-9-13(16-2)15(14)7-5-4-6-8-15/h10-11,13-14,16H,3-9H2,1-2H3. The lowest BCUT2D eigenvalue weighted by molar-refractivity contribution is -0.100. The van der Waals surface area contributed by atoms with Crippen molar-refractivity contribution in [1.29, 1.82) is 0 Å². The maximum Gasteiger partial charge on any atom is 0.157 e. The first kappa shape index (κ1) is 13.0. The molecule has 3 rings (SSSR count). The molecule has 4 nitrogen and oxygen atoms in total. The number of hydrogen-bond acceptors (Lipinski definition) is 3. The molecule has 1 aromatic rings. The zero-order chi connectivity index (χ0) is 13.3. The molecule has 0 bridgehead atoms. The zero-order valence-corrected chi connectivity index (χ0v) is 12.1. The van der Waals surface area contributed by atoms with E-state index < -0.39 is 0 Å². The summed E-state index contributed by atoms with van der Waals surface area (Å²) < 4.78 is 8.16. The van der Waals surface area contributed by atoms with Gasteiger partial charge in [0.15, 0.2) is 5.75 Å². The Morgan fingerprint density at radius 1 is 1.42 bits per heavy atom. The van der Waals surface area contributed by atoms with Gasteiger partial charge in [0, 0.05) is 24.4 Å². The van der Waals surface area contributed by atoms with E-state index in [-0.39, 0.29) is 0 Å². The summed E-state index contributed by atoms with van der Waals surface area (Å²) in [4.78, 5) is 0. The molecule has 2 fully saturated rings. The number of rotatable bonds is 4. The molecular weight excluding hydrogens is 238 g/mol. The molecule has 0 aliphatic heterocycles. The zero-order valence-electron chi connectivity index (χ0n) is 12.1. The van der Waals surface area contributed by atoms with Crippen LogP contribution in [0.15, 0.2) is 12.4 Å². The van der Waals surface area contributed by atoms with Crippen LogP contribution in [0, 0.1) is 5.41 Å². The number of nitrogens with zero attached hydrogens (tertiary/aromatic N) is 2. The lowest BCUT2D eigenvalue weighted by Gasteiger charge is -2.57. The van der Waals surface area contributed by atoms with Crippen molar-refractivity contribution in [1.82, 2.24) is 15.1 Å². The second-order valence-corrected chi connectivity index (χ2v) is 6.01. The van der Waals surface area contributed by atoms with E-state index >= 15 is 0 Å². The third kappa shape index (κ3) is 2.16. The minimum Gasteiger partial charge on any atom is -0.486 e. The summed E-state index contributed by atoms with van der Waals surface area (Å²) >= 11 is 0. The Morgan fingerprint density at radius 3 is 2.84 bits per heavy atom. The molecule has 2 aliphatic rings. The summed E-state index contributed by atoms with van der Waals surface area (Å²) in [5, 5.41) is 7.79. The highest BCUT2D eigenvalue weighted by molar-refractivity contribution is 5.17. The molecule has 2 atom stereocenters. The summed E-state index contributed by atoms with van der Waals surface area (Å²) in [6, 6.07) is 0.638. The maximum atomic E-state index is 6.23. The van der Waals surface area contributed by atoms with Crippen molar-refractivity contribution < 1.29 is 4.74 Å². The molecule has 0 amide bonds. The summed E-state index contributed by atoms with van der Waals surface area (Å²) in [6.07, 6.45) is 12.1. The van der Waals surface area contributed by atoms with Crippen LogP contribution in [0.4, 0.5) is 0 Å². The van der Waals surface area contributed by atoms with E-state index in [4.69, 9.17) is 4.74 Å². The van der Waals surface area contributed by atoms with Gasteiger partial charge in [-0.3, -0.25) is 4.68 Å². The number of aromatic nitrogens is 2. The Morgan fingerprint density at radius 2 is 2.21 bits per heavy atom. The number of aryl methyl sites for hydroxylation is 1. The highest BCUT2D eigenvalue weighted by atomic mass is 16.5. The van der Waals surface area contributed by atoms with Gasteiger partial charge in [0.2, 0.25) is 0 Å². The number of ether oxygens (including phenoxy) is 1. The normalized spacial score (nSPS) is 29.2. The number of nitrogens with one attached hydrogen (secondary N) is 1. The molecule has 0 aromatic carbocycles. The Labute approximate surface area is 115 Å². The van der Waals surface area contributed by atoms with Crippen LogP contribution >= 0.6 is 0 Å². The smallest absolute Gasteiger partial charge is 0.157 e. The Kier molecular flexibility index (Phi) is 3.52. The van der Waals surface area contributed by atoms with Crippen LogP contribution in [-0.2, 0) is 6.54 Å². The predicted molar refractivity (Wildman–Crippen MR) is 75.3 cm³/mol. The van der Waals surface area contributed by atoms with Crippen molar-refractivity contribution in [3.8, 4) is 5.75 Å². The predicted octanol–water partition coefficient (Wildman–Crippen LogP) is 2.59. The fourth-order valence-corrected chi connectivity index (χ4v) is 3.94. The van der Waals surface area contributed by atoms with Gasteiger partial charge in [0.1, 0.15) is 6.10 Å². The molecule has 2 aliphatic carbocycles. The third-order valence-electron chi connectivity index (χ3n) is 5.13. The quantitative estimate of drug-likeness (QED) is 0.907. The average Bonchev–Trinajstić information content (AvgIpc) is 2.91. The molecule has 106 valence electrons. The van der Waals surface area contributed by atoms with Gasteiger partial charge in [-0.05, 0) is 26.8 Å². The van der Waals surface area contributed by atoms with Crippen molar-refractivity contribution in [3.63, 3.8) is 0 Å². The van der Waals surface area contributed by atoms with E-state index in [9.17, 15) is 0 Å². The van der Waals surface area contributed by atoms with Gasteiger partial charge in [0.05, 0.1) is 12.4 Å². The first-order chi connectivity index (χ1) is 9.28. The van der Waals surface area contributed by atoms with E-state index in [2.05, 4.69) is 24.4 Å². The maximum absolute atomic E-state index is 6.23. The second-order valence-electron chi connectivity index (χ2n) is 6.01. The second kappa shape index (κ2) is 5.16. The van der Waals surface area contributed by atoms with Crippen molar-refractivity contribution in [2.75, 3.05) is 7.05 Å². The minimum absolute atomic E-state index is 0.375. The van der Waals surface area contributed by atoms with Crippen molar-refractivity contribution in [2.45, 2.75) is 64.1 Å². The van der Waals surface area contributed by atoms with E-state index in [0.29, 0.717) is 17.6 Å². The Hall–Kier alpha value is -1.03. The van der Waals surface area contributed by atoms with E-state index in [1.165, 1.54) is 32.1 Å². The minimum atomic E-state index is 0.375. The molecule has 2 unspecified atom stereocenters. The van der Waals surface area contributed by atoms with Crippen LogP contribution in [0.2, 0.25) is 0 Å². The van der Waals surface area contributed by atoms with Crippen LogP contribution in [0.1, 0.15) is 45.4 Å². The highest BCUT2D eigenvalue weighted by Crippen LogP contribution is 2.53. The lowest BCUT2D eigenvalue weighted by Crippen LogP contribution is -2.64. The fourth-order valence-electron chi connectivity index (χ4n) is 3.94. The van der Waals surface area contributed by atoms with E-state index in [1.807, 2.05) is 17.1 Å². The van der Waals surface area contributed by atoms with Gasteiger partial charge in [-0.1, -0.05) is 19.3 Å². The van der Waals surface area contributed by atoms with Crippen LogP contribution in [0.5, 0.6) is 5.75 Å². The molecule has 0 saturated heterocycles. The first-order valence-corrected chi connectivity index (χ1v) is 7.65. The highest BCUT2D eigenvalue weighted by Gasteiger charge is 2.55. The molecule has 1 N–H and O–H groups in total. The average molecular weight is 263 g/mol. The number of hydrogen-bond donors (Lipinski definition) is 1. The van der Waals surface area contributed by atoms with Gasteiger partial charge in [-0.2, -0.15) is 5.10 Å². The topological polar surface area (TPSA) is 39.1 Å². The SMILES string of the molecule is CCn1cc(OC2CC(NC)C23CCCCC3)cn1. The fraction of sp³-hybridized carbons (Fsp3) is 0.800. The Bertz CT molecular complexity index is 423. The van der Waals surface area contributed by atoms with E-state index in [1.54, 1.807) is 0 Å². The van der Waals surface area contributed by atoms with Gasteiger partial charge in [-0.15, -0.1) is 0 Å². The van der Waals surface area contributed by atoms with Crippen molar-refractivity contribution >= 4 is 0 Å². The van der Waals surface area contributed by atoms with Crippen molar-refractivity contribution in [3.05, 3.63) is 12.4 Å². The van der Waals surface area contributed by atoms with E-state index in [0.717, 1.165) is 18.7 Å². The Balaban J connectivity index is 1.70. The van der Waals surface area contributed by atoms with Gasteiger partial charge in [0.25, 0.3) is 0 Å².